The number of nitrogens with two attached hydrogens (primary N) is 1. The number of aromatic amines is 1. The lowest BCUT2D eigenvalue weighted by molar-refractivity contribution is -0.171. The number of H-pyrrole nitrogens is 1. The molecule has 0 amide bonds. The molecule has 1 aromatic heterocycles. The summed E-state index contributed by atoms with van der Waals surface area (Å²) in [6.07, 6.45) is -1.81. The van der Waals surface area contributed by atoms with E-state index in [2.05, 4.69) is 4.98 Å². The molecule has 35 heavy (non-hydrogen) atoms. The van der Waals surface area contributed by atoms with Crippen molar-refractivity contribution in [1.29, 1.82) is 0 Å². The highest BCUT2D eigenvalue weighted by molar-refractivity contribution is 7.17. The van der Waals surface area contributed by atoms with Gasteiger partial charge < -0.3 is 29.4 Å². The summed E-state index contributed by atoms with van der Waals surface area (Å²) >= 11 is 0. The Balaban J connectivity index is 2.08. The molecule has 0 aliphatic carbocycles. The van der Waals surface area contributed by atoms with Crippen molar-refractivity contribution in [1.82, 2.24) is 9.55 Å². The molecule has 1 saturated heterocycles. The molecule has 0 saturated carbocycles. The lowest BCUT2D eigenvalue weighted by Gasteiger charge is -2.32. The van der Waals surface area contributed by atoms with Crippen LogP contribution in [0.25, 0.3) is 0 Å². The van der Waals surface area contributed by atoms with Crippen LogP contribution >= 0.6 is 8.69 Å². The van der Waals surface area contributed by atoms with Crippen molar-refractivity contribution >= 4 is 14.7 Å². The number of hydrogen-bond donors (Lipinski definition) is 2. The molecule has 1 aliphatic rings. The first-order valence-electron chi connectivity index (χ1n) is 11.1. The number of nitrogens with one attached hydrogen (secondary N) is 1. The van der Waals surface area contributed by atoms with Crippen LogP contribution in [0.2, 0.25) is 0 Å². The van der Waals surface area contributed by atoms with Gasteiger partial charge in [0.05, 0.1) is 31.0 Å². The van der Waals surface area contributed by atoms with Crippen molar-refractivity contribution in [3.8, 4) is 0 Å². The monoisotopic (exact) mass is 519 g/mol. The Morgan fingerprint density at radius 1 is 1.31 bits per heavy atom. The van der Waals surface area contributed by atoms with E-state index < -0.39 is 56.0 Å². The molecule has 3 N–H and O–H groups in total. The number of rotatable bonds is 14. The van der Waals surface area contributed by atoms with Crippen LogP contribution in [0.4, 0.5) is 0 Å². The Labute approximate surface area is 204 Å². The Hall–Kier alpha value is -1.99. The van der Waals surface area contributed by atoms with Crippen LogP contribution < -0.4 is 17.0 Å². The van der Waals surface area contributed by atoms with Gasteiger partial charge >= 0.3 is 20.3 Å². The third-order valence-electron chi connectivity index (χ3n) is 5.81. The molecule has 0 unspecified atom stereocenters. The largest absolute Gasteiger partial charge is 0.461 e. The fourth-order valence-electron chi connectivity index (χ4n) is 4.11. The zero-order valence-electron chi connectivity index (χ0n) is 20.5. The van der Waals surface area contributed by atoms with Crippen molar-refractivity contribution in [2.24, 2.45) is 11.7 Å². The van der Waals surface area contributed by atoms with Gasteiger partial charge in [-0.25, -0.2) is 14.2 Å². The van der Waals surface area contributed by atoms with E-state index in [1.54, 1.807) is 20.8 Å². The lowest BCUT2D eigenvalue weighted by Crippen LogP contribution is -2.51. The highest BCUT2D eigenvalue weighted by Crippen LogP contribution is 2.42. The van der Waals surface area contributed by atoms with Crippen LogP contribution in [0.1, 0.15) is 33.4 Å². The van der Waals surface area contributed by atoms with E-state index in [4.69, 9.17) is 33.9 Å². The maximum Gasteiger partial charge on any atom is 0.338 e. The van der Waals surface area contributed by atoms with Crippen LogP contribution in [0.3, 0.4) is 0 Å². The molecule has 0 bridgehead atoms. The zero-order valence-corrected chi connectivity index (χ0v) is 21.4. The molecule has 0 aromatic carbocycles. The fraction of sp³-hybridized carbons (Fsp3) is 0.762. The van der Waals surface area contributed by atoms with E-state index in [1.807, 2.05) is 0 Å². The molecule has 198 valence electrons. The minimum Gasteiger partial charge on any atom is -0.461 e. The number of carbonyl (C=O) groups is 1. The zero-order chi connectivity index (χ0) is 26.2. The Morgan fingerprint density at radius 2 is 2.03 bits per heavy atom. The second kappa shape index (κ2) is 13.4. The Bertz CT molecular complexity index is 950. The first kappa shape index (κ1) is 29.2. The first-order chi connectivity index (χ1) is 16.6. The van der Waals surface area contributed by atoms with Gasteiger partial charge in [-0.1, -0.05) is 0 Å². The van der Waals surface area contributed by atoms with E-state index in [-0.39, 0.29) is 31.8 Å². The molecule has 13 nitrogen and oxygen atoms in total. The van der Waals surface area contributed by atoms with Crippen molar-refractivity contribution < 1.29 is 37.6 Å². The summed E-state index contributed by atoms with van der Waals surface area (Å²) in [5.74, 6) is -0.932. The predicted octanol–water partition coefficient (Wildman–Crippen LogP) is 0.379. The number of aromatic nitrogens is 2. The molecule has 1 fully saturated rings. The van der Waals surface area contributed by atoms with E-state index in [0.29, 0.717) is 6.42 Å². The lowest BCUT2D eigenvalue weighted by atomic mass is 9.82. The third-order valence-corrected chi connectivity index (χ3v) is 6.07. The highest BCUT2D eigenvalue weighted by atomic mass is 31.1. The molecular formula is C21H34N3O10P. The van der Waals surface area contributed by atoms with Gasteiger partial charge in [0.15, 0.2) is 12.3 Å². The van der Waals surface area contributed by atoms with Crippen molar-refractivity contribution in [2.75, 3.05) is 34.0 Å². The maximum absolute atomic E-state index is 12.3. The predicted molar refractivity (Wildman–Crippen MR) is 123 cm³/mol. The maximum atomic E-state index is 12.3. The molecule has 1 aliphatic heterocycles. The van der Waals surface area contributed by atoms with Gasteiger partial charge in [0, 0.05) is 39.0 Å². The van der Waals surface area contributed by atoms with E-state index >= 15 is 0 Å². The van der Waals surface area contributed by atoms with E-state index in [9.17, 15) is 18.9 Å². The Morgan fingerprint density at radius 3 is 2.60 bits per heavy atom. The summed E-state index contributed by atoms with van der Waals surface area (Å²) < 4.78 is 44.7. The molecule has 14 heteroatoms. The number of methoxy groups -OCH3 is 2. The average molecular weight is 519 g/mol. The molecule has 0 spiro atoms. The van der Waals surface area contributed by atoms with Crippen LogP contribution in [0.5, 0.6) is 0 Å². The smallest absolute Gasteiger partial charge is 0.338 e. The molecule has 6 atom stereocenters. The second-order valence-corrected chi connectivity index (χ2v) is 9.07. The first-order valence-corrected chi connectivity index (χ1v) is 11.8. The minimum absolute atomic E-state index is 0.0371. The number of ether oxygens (including phenoxy) is 5. The molecule has 2 rings (SSSR count). The van der Waals surface area contributed by atoms with E-state index in [0.717, 1.165) is 0 Å². The van der Waals surface area contributed by atoms with Crippen molar-refractivity contribution in [2.45, 2.75) is 63.4 Å². The number of carbonyl (C=O) groups excluding carboxylic acids is 1. The fourth-order valence-corrected chi connectivity index (χ4v) is 4.32. The van der Waals surface area contributed by atoms with Crippen molar-refractivity contribution in [3.63, 3.8) is 0 Å². The topological polar surface area (TPSA) is 170 Å². The number of esters is 1. The number of hydrogen-bond acceptors (Lipinski definition) is 11. The van der Waals surface area contributed by atoms with Gasteiger partial charge in [-0.15, -0.1) is 0 Å². The Kier molecular flexibility index (Phi) is 11.2. The molecule has 0 radical (unpaired) electrons. The van der Waals surface area contributed by atoms with Gasteiger partial charge in [-0.3, -0.25) is 18.9 Å². The minimum atomic E-state index is -1.07. The summed E-state index contributed by atoms with van der Waals surface area (Å²) in [7, 11) is 2.30. The standard InChI is InChI=1S/C21H34N3O10P/c1-12(2)33-18(26)17(30-5)15(29-4)10-31-9-7-13-14(11-32-35-28)34-19(21(13,3)22)24-8-6-16(25)23-20(24)27/h6,8,12-15,17,19H,7,9-11,22H2,1-5H3,(H,23,25,27)/t13-,14-,15-,17-,19-,21-/m1/s1. The molecule has 1 aromatic rings. The quantitative estimate of drug-likeness (QED) is 0.198. The summed E-state index contributed by atoms with van der Waals surface area (Å²) in [5.41, 5.74) is 4.33. The highest BCUT2D eigenvalue weighted by Gasteiger charge is 2.52. The van der Waals surface area contributed by atoms with E-state index in [1.165, 1.54) is 31.0 Å². The average Bonchev–Trinajstić information content (AvgIpc) is 3.03. The van der Waals surface area contributed by atoms with Crippen LogP contribution in [-0.2, 0) is 37.6 Å². The van der Waals surface area contributed by atoms with Crippen LogP contribution in [-0.4, -0.2) is 79.5 Å². The number of nitrogens with zero attached hydrogens (tertiary/aromatic N) is 1. The normalized spacial score (nSPS) is 26.2. The van der Waals surface area contributed by atoms with Gasteiger partial charge in [0.25, 0.3) is 5.56 Å². The summed E-state index contributed by atoms with van der Waals surface area (Å²) in [6, 6.07) is 1.19. The van der Waals surface area contributed by atoms with Gasteiger partial charge in [-0.2, -0.15) is 0 Å². The van der Waals surface area contributed by atoms with Crippen molar-refractivity contribution in [3.05, 3.63) is 33.1 Å². The molecular weight excluding hydrogens is 485 g/mol. The summed E-state index contributed by atoms with van der Waals surface area (Å²) in [6.45, 7) is 5.39. The van der Waals surface area contributed by atoms with Gasteiger partial charge in [-0.05, 0) is 27.2 Å². The molecule has 2 heterocycles. The SMILES string of the molecule is CO[C@H](COCC[C@@H]1[C@@H](COP=O)O[C@@H](n2ccc(=O)[nH]c2=O)[C@]1(C)N)[C@@H](OC)C(=O)OC(C)C. The van der Waals surface area contributed by atoms with Gasteiger partial charge in [0.2, 0.25) is 0 Å². The second-order valence-electron chi connectivity index (χ2n) is 8.67. The van der Waals surface area contributed by atoms with Gasteiger partial charge in [0.1, 0.15) is 6.10 Å². The third kappa shape index (κ3) is 7.50. The summed E-state index contributed by atoms with van der Waals surface area (Å²) in [5, 5.41) is 0. The van der Waals surface area contributed by atoms with Crippen LogP contribution in [0.15, 0.2) is 21.9 Å². The van der Waals surface area contributed by atoms with Crippen LogP contribution in [0, 0.1) is 5.92 Å². The summed E-state index contributed by atoms with van der Waals surface area (Å²) in [4.78, 5) is 38.2.